The summed E-state index contributed by atoms with van der Waals surface area (Å²) in [6.07, 6.45) is 10.6. The van der Waals surface area contributed by atoms with Crippen LogP contribution in [0.3, 0.4) is 0 Å². The average molecular weight is 453 g/mol. The van der Waals surface area contributed by atoms with E-state index >= 15 is 0 Å². The van der Waals surface area contributed by atoms with Crippen LogP contribution in [-0.4, -0.2) is 46.3 Å². The van der Waals surface area contributed by atoms with Crippen LogP contribution in [0.4, 0.5) is 17.6 Å². The fourth-order valence-electron chi connectivity index (χ4n) is 5.72. The number of H-pyrrole nitrogens is 1. The zero-order valence-electron chi connectivity index (χ0n) is 19.8. The minimum absolute atomic E-state index is 0.123. The summed E-state index contributed by atoms with van der Waals surface area (Å²) in [6, 6.07) is 4.05. The molecule has 0 aromatic carbocycles. The molecule has 2 atom stereocenters. The van der Waals surface area contributed by atoms with Crippen molar-refractivity contribution in [3.8, 4) is 0 Å². The van der Waals surface area contributed by atoms with Crippen LogP contribution < -0.4 is 10.2 Å². The van der Waals surface area contributed by atoms with Crippen molar-refractivity contribution in [1.82, 2.24) is 20.2 Å². The Morgan fingerprint density at radius 3 is 2.67 bits per heavy atom. The molecular formula is C25H36N6O2. The second-order valence-electron chi connectivity index (χ2n) is 10.2. The maximum absolute atomic E-state index is 12.1. The monoisotopic (exact) mass is 452 g/mol. The lowest BCUT2D eigenvalue weighted by atomic mass is 9.73. The van der Waals surface area contributed by atoms with Gasteiger partial charge in [0, 0.05) is 42.5 Å². The molecule has 2 aromatic heterocycles. The number of aryl methyl sites for hydroxylation is 1. The van der Waals surface area contributed by atoms with E-state index in [4.69, 9.17) is 14.7 Å². The molecule has 3 fully saturated rings. The van der Waals surface area contributed by atoms with Gasteiger partial charge in [-0.25, -0.2) is 4.98 Å². The highest BCUT2D eigenvalue weighted by molar-refractivity contribution is 5.69. The summed E-state index contributed by atoms with van der Waals surface area (Å²) < 4.78 is 4.99. The number of esters is 1. The van der Waals surface area contributed by atoms with Crippen molar-refractivity contribution >= 4 is 23.6 Å². The van der Waals surface area contributed by atoms with Gasteiger partial charge in [-0.2, -0.15) is 10.1 Å². The van der Waals surface area contributed by atoms with Gasteiger partial charge < -0.3 is 15.0 Å². The lowest BCUT2D eigenvalue weighted by Gasteiger charge is -2.42. The Morgan fingerprint density at radius 1 is 1.09 bits per heavy atom. The maximum atomic E-state index is 12.1. The number of hydrogen-bond donors (Lipinski definition) is 2. The number of aromatic nitrogens is 4. The predicted octanol–water partition coefficient (Wildman–Crippen LogP) is 4.72. The van der Waals surface area contributed by atoms with Crippen LogP contribution in [-0.2, 0) is 9.53 Å². The minimum Gasteiger partial charge on any atom is -0.469 e. The van der Waals surface area contributed by atoms with Crippen LogP contribution in [0.15, 0.2) is 12.1 Å². The maximum Gasteiger partial charge on any atom is 0.305 e. The zero-order valence-corrected chi connectivity index (χ0v) is 19.8. The van der Waals surface area contributed by atoms with Crippen molar-refractivity contribution in [2.45, 2.75) is 70.6 Å². The van der Waals surface area contributed by atoms with Crippen LogP contribution in [0.25, 0.3) is 0 Å². The van der Waals surface area contributed by atoms with E-state index in [0.717, 1.165) is 48.7 Å². The molecule has 2 aliphatic carbocycles. The van der Waals surface area contributed by atoms with Crippen LogP contribution in [0.5, 0.6) is 0 Å². The summed E-state index contributed by atoms with van der Waals surface area (Å²) in [7, 11) is 1.48. The highest BCUT2D eigenvalue weighted by atomic mass is 16.5. The van der Waals surface area contributed by atoms with Gasteiger partial charge in [0.05, 0.1) is 13.5 Å². The van der Waals surface area contributed by atoms with Crippen LogP contribution in [0.1, 0.15) is 75.1 Å². The number of methoxy groups -OCH3 is 1. The van der Waals surface area contributed by atoms with Gasteiger partial charge in [0.1, 0.15) is 5.82 Å². The van der Waals surface area contributed by atoms with Gasteiger partial charge in [0.25, 0.3) is 0 Å². The standard InChI is InChI=1S/C25H36N6O2/c1-16-10-22(27-23-13-21(29-30-23)19-8-9-19)28-25(26-16)31-14-17(12-24(32)33-2)11-20(15-31)18-6-4-3-5-7-18/h10,13,17-20H,3-9,11-12,14-15H2,1-2H3,(H2,26,27,28,29,30). The van der Waals surface area contributed by atoms with Gasteiger partial charge in [-0.1, -0.05) is 32.1 Å². The predicted molar refractivity (Wildman–Crippen MR) is 128 cm³/mol. The normalized spacial score (nSPS) is 24.0. The fraction of sp³-hybridized carbons (Fsp3) is 0.680. The third-order valence-corrected chi connectivity index (χ3v) is 7.57. The lowest BCUT2D eigenvalue weighted by Crippen LogP contribution is -2.45. The van der Waals surface area contributed by atoms with Gasteiger partial charge >= 0.3 is 5.97 Å². The van der Waals surface area contributed by atoms with Gasteiger partial charge in [0.2, 0.25) is 5.95 Å². The first kappa shape index (κ1) is 22.2. The third-order valence-electron chi connectivity index (χ3n) is 7.57. The van der Waals surface area contributed by atoms with Crippen LogP contribution in [0, 0.1) is 24.7 Å². The van der Waals surface area contributed by atoms with E-state index in [1.165, 1.54) is 57.7 Å². The van der Waals surface area contributed by atoms with E-state index in [2.05, 4.69) is 26.5 Å². The second kappa shape index (κ2) is 9.69. The molecule has 1 saturated heterocycles. The number of aromatic amines is 1. The molecule has 3 aliphatic rings. The summed E-state index contributed by atoms with van der Waals surface area (Å²) in [5.74, 6) is 4.38. The largest absolute Gasteiger partial charge is 0.469 e. The summed E-state index contributed by atoms with van der Waals surface area (Å²) in [5, 5.41) is 10.9. The van der Waals surface area contributed by atoms with Crippen molar-refractivity contribution in [3.05, 3.63) is 23.5 Å². The van der Waals surface area contributed by atoms with E-state index in [1.807, 2.05) is 13.0 Å². The number of anilines is 3. The molecule has 5 rings (SSSR count). The lowest BCUT2D eigenvalue weighted by molar-refractivity contribution is -0.141. The van der Waals surface area contributed by atoms with Crippen molar-refractivity contribution in [3.63, 3.8) is 0 Å². The first-order valence-corrected chi connectivity index (χ1v) is 12.6. The molecule has 0 radical (unpaired) electrons. The summed E-state index contributed by atoms with van der Waals surface area (Å²) in [5.41, 5.74) is 2.12. The molecule has 3 heterocycles. The molecule has 2 aromatic rings. The molecular weight excluding hydrogens is 416 g/mol. The Bertz CT molecular complexity index is 966. The molecule has 2 N–H and O–H groups in total. The Balaban J connectivity index is 1.35. The molecule has 8 heteroatoms. The SMILES string of the molecule is COC(=O)CC1CC(C2CCCCC2)CN(c2nc(C)cc(Nc3cc(C4CC4)[nH]n3)n2)C1. The number of nitrogens with zero attached hydrogens (tertiary/aromatic N) is 4. The molecule has 2 unspecified atom stereocenters. The van der Waals surface area contributed by atoms with Gasteiger partial charge in [-0.05, 0) is 43.9 Å². The number of rotatable bonds is 7. The third kappa shape index (κ3) is 5.47. The van der Waals surface area contributed by atoms with Crippen molar-refractivity contribution in [2.24, 2.45) is 17.8 Å². The summed E-state index contributed by atoms with van der Waals surface area (Å²) >= 11 is 0. The molecule has 178 valence electrons. The van der Waals surface area contributed by atoms with Crippen molar-refractivity contribution < 1.29 is 9.53 Å². The number of hydrogen-bond acceptors (Lipinski definition) is 7. The Morgan fingerprint density at radius 2 is 1.91 bits per heavy atom. The number of carbonyl (C=O) groups is 1. The molecule has 8 nitrogen and oxygen atoms in total. The Hall–Kier alpha value is -2.64. The minimum atomic E-state index is -0.123. The Kier molecular flexibility index (Phi) is 6.51. The topological polar surface area (TPSA) is 96.0 Å². The van der Waals surface area contributed by atoms with E-state index in [-0.39, 0.29) is 11.9 Å². The van der Waals surface area contributed by atoms with E-state index < -0.39 is 0 Å². The van der Waals surface area contributed by atoms with Crippen LogP contribution >= 0.6 is 0 Å². The summed E-state index contributed by atoms with van der Waals surface area (Å²) in [4.78, 5) is 24.0. The van der Waals surface area contributed by atoms with E-state index in [1.54, 1.807) is 0 Å². The van der Waals surface area contributed by atoms with Crippen molar-refractivity contribution in [2.75, 3.05) is 30.4 Å². The zero-order chi connectivity index (χ0) is 22.8. The Labute approximate surface area is 195 Å². The van der Waals surface area contributed by atoms with Crippen molar-refractivity contribution in [1.29, 1.82) is 0 Å². The number of ether oxygens (including phenoxy) is 1. The van der Waals surface area contributed by atoms with E-state index in [9.17, 15) is 4.79 Å². The number of piperidine rings is 1. The molecule has 0 bridgehead atoms. The molecule has 1 aliphatic heterocycles. The fourth-order valence-corrected chi connectivity index (χ4v) is 5.72. The van der Waals surface area contributed by atoms with E-state index in [0.29, 0.717) is 18.3 Å². The smallest absolute Gasteiger partial charge is 0.305 e. The van der Waals surface area contributed by atoms with Gasteiger partial charge in [-0.3, -0.25) is 9.89 Å². The summed E-state index contributed by atoms with van der Waals surface area (Å²) in [6.45, 7) is 3.75. The molecule has 0 amide bonds. The average Bonchev–Trinajstić information content (AvgIpc) is 3.58. The highest BCUT2D eigenvalue weighted by Crippen LogP contribution is 2.40. The first-order valence-electron chi connectivity index (χ1n) is 12.6. The first-order chi connectivity index (χ1) is 16.1. The molecule has 0 spiro atoms. The number of nitrogens with one attached hydrogen (secondary N) is 2. The van der Waals surface area contributed by atoms with Gasteiger partial charge in [0.15, 0.2) is 5.82 Å². The molecule has 33 heavy (non-hydrogen) atoms. The number of carbonyl (C=O) groups excluding carboxylic acids is 1. The van der Waals surface area contributed by atoms with Crippen LogP contribution in [0.2, 0.25) is 0 Å². The quantitative estimate of drug-likeness (QED) is 0.587. The van der Waals surface area contributed by atoms with Gasteiger partial charge in [-0.15, -0.1) is 0 Å². The second-order valence-corrected chi connectivity index (χ2v) is 10.2. The molecule has 2 saturated carbocycles. The highest BCUT2D eigenvalue weighted by Gasteiger charge is 2.35.